The third kappa shape index (κ3) is 3.56. The van der Waals surface area contributed by atoms with Crippen LogP contribution in [0.1, 0.15) is 13.3 Å². The van der Waals surface area contributed by atoms with E-state index in [0.717, 1.165) is 0 Å². The molecular weight excluding hydrogens is 284 g/mol. The van der Waals surface area contributed by atoms with Crippen LogP contribution in [0.2, 0.25) is 0 Å². The average Bonchev–Trinajstić information content (AvgIpc) is 2.69. The molecule has 0 amide bonds. The van der Waals surface area contributed by atoms with Gasteiger partial charge in [-0.25, -0.2) is 8.42 Å². The van der Waals surface area contributed by atoms with Gasteiger partial charge in [0.05, 0.1) is 29.8 Å². The molecule has 1 aromatic carbocycles. The summed E-state index contributed by atoms with van der Waals surface area (Å²) in [5.41, 5.74) is 0. The van der Waals surface area contributed by atoms with Gasteiger partial charge in [0.2, 0.25) is 0 Å². The minimum absolute atomic E-state index is 0.0653. The zero-order valence-electron chi connectivity index (χ0n) is 11.0. The number of carbonyl (C=O) groups is 1. The molecule has 1 heterocycles. The molecule has 110 valence electrons. The first-order valence-corrected chi connectivity index (χ1v) is 7.77. The Bertz CT molecular complexity index is 582. The van der Waals surface area contributed by atoms with E-state index in [1.54, 1.807) is 18.2 Å². The molecule has 0 bridgehead atoms. The van der Waals surface area contributed by atoms with Gasteiger partial charge in [-0.05, 0) is 19.1 Å². The quantitative estimate of drug-likeness (QED) is 0.874. The second-order valence-corrected chi connectivity index (χ2v) is 6.88. The van der Waals surface area contributed by atoms with E-state index in [2.05, 4.69) is 0 Å². The zero-order chi connectivity index (χ0) is 14.8. The van der Waals surface area contributed by atoms with Gasteiger partial charge in [-0.3, -0.25) is 4.79 Å². The molecule has 0 spiro atoms. The van der Waals surface area contributed by atoms with Crippen molar-refractivity contribution in [2.75, 3.05) is 12.4 Å². The van der Waals surface area contributed by atoms with Gasteiger partial charge >= 0.3 is 5.97 Å². The summed E-state index contributed by atoms with van der Waals surface area (Å²) >= 11 is 0. The van der Waals surface area contributed by atoms with Crippen molar-refractivity contribution in [3.8, 4) is 0 Å². The number of hydrogen-bond acceptors (Lipinski definition) is 5. The summed E-state index contributed by atoms with van der Waals surface area (Å²) in [6.45, 7) is 1.56. The van der Waals surface area contributed by atoms with Crippen molar-refractivity contribution < 1.29 is 27.8 Å². The van der Waals surface area contributed by atoms with Crippen molar-refractivity contribution in [1.29, 1.82) is 0 Å². The third-order valence-corrected chi connectivity index (χ3v) is 4.77. The van der Waals surface area contributed by atoms with Crippen LogP contribution in [-0.2, 0) is 24.1 Å². The molecule has 1 N–H and O–H groups in total. The molecule has 2 rings (SSSR count). The fraction of sp³-hybridized carbons (Fsp3) is 0.462. The maximum atomic E-state index is 12.2. The molecule has 0 radical (unpaired) electrons. The highest BCUT2D eigenvalue weighted by atomic mass is 32.2. The van der Waals surface area contributed by atoms with Gasteiger partial charge in [0.15, 0.2) is 15.6 Å². The molecular formula is C13H16O6S. The van der Waals surface area contributed by atoms with E-state index in [1.807, 2.05) is 0 Å². The van der Waals surface area contributed by atoms with E-state index >= 15 is 0 Å². The van der Waals surface area contributed by atoms with E-state index in [9.17, 15) is 13.2 Å². The minimum Gasteiger partial charge on any atom is -0.481 e. The van der Waals surface area contributed by atoms with Crippen molar-refractivity contribution >= 4 is 15.8 Å². The predicted octanol–water partition coefficient (Wildman–Crippen LogP) is 1.07. The Labute approximate surface area is 117 Å². The zero-order valence-corrected chi connectivity index (χ0v) is 11.8. The molecule has 0 aromatic heterocycles. The Balaban J connectivity index is 2.04. The highest BCUT2D eigenvalue weighted by molar-refractivity contribution is 7.91. The normalized spacial score (nSPS) is 26.6. The first-order valence-electron chi connectivity index (χ1n) is 6.12. The first-order chi connectivity index (χ1) is 9.31. The molecule has 0 saturated carbocycles. The summed E-state index contributed by atoms with van der Waals surface area (Å²) < 4.78 is 35.1. The van der Waals surface area contributed by atoms with Gasteiger partial charge in [0.25, 0.3) is 0 Å². The lowest BCUT2D eigenvalue weighted by molar-refractivity contribution is -0.175. The van der Waals surface area contributed by atoms with Crippen molar-refractivity contribution in [2.24, 2.45) is 0 Å². The van der Waals surface area contributed by atoms with Gasteiger partial charge in [-0.15, -0.1) is 0 Å². The number of benzene rings is 1. The summed E-state index contributed by atoms with van der Waals surface area (Å²) in [5, 5.41) is 8.76. The molecule has 1 fully saturated rings. The molecule has 20 heavy (non-hydrogen) atoms. The van der Waals surface area contributed by atoms with Crippen LogP contribution in [0.25, 0.3) is 0 Å². The lowest BCUT2D eigenvalue weighted by Gasteiger charge is -2.20. The summed E-state index contributed by atoms with van der Waals surface area (Å²) in [4.78, 5) is 10.9. The van der Waals surface area contributed by atoms with Crippen LogP contribution < -0.4 is 0 Å². The van der Waals surface area contributed by atoms with Crippen LogP contribution in [0.4, 0.5) is 0 Å². The molecule has 1 aliphatic heterocycles. The fourth-order valence-electron chi connectivity index (χ4n) is 2.11. The largest absolute Gasteiger partial charge is 0.481 e. The molecule has 1 saturated heterocycles. The van der Waals surface area contributed by atoms with Gasteiger partial charge < -0.3 is 14.6 Å². The second kappa shape index (κ2) is 5.51. The van der Waals surface area contributed by atoms with Gasteiger partial charge in [-0.2, -0.15) is 0 Å². The third-order valence-electron chi connectivity index (χ3n) is 2.97. The molecule has 6 nitrogen and oxygen atoms in total. The number of rotatable bonds is 5. The molecule has 1 aliphatic rings. The number of aliphatic carboxylic acids is 1. The fourth-order valence-corrected chi connectivity index (χ4v) is 3.53. The SMILES string of the molecule is CC1(CC(=O)O)OCC(CS(=O)(=O)c2ccccc2)O1. The lowest BCUT2D eigenvalue weighted by atomic mass is 10.2. The van der Waals surface area contributed by atoms with Crippen LogP contribution in [0.5, 0.6) is 0 Å². The number of carboxylic acid groups (broad SMARTS) is 1. The summed E-state index contributed by atoms with van der Waals surface area (Å²) in [6, 6.07) is 8.06. The molecule has 7 heteroatoms. The van der Waals surface area contributed by atoms with Gasteiger partial charge in [0.1, 0.15) is 0 Å². The maximum Gasteiger partial charge on any atom is 0.308 e. The smallest absolute Gasteiger partial charge is 0.308 e. The van der Waals surface area contributed by atoms with E-state index in [4.69, 9.17) is 14.6 Å². The van der Waals surface area contributed by atoms with Crippen LogP contribution in [0, 0.1) is 0 Å². The number of carboxylic acids is 1. The predicted molar refractivity (Wildman–Crippen MR) is 70.0 cm³/mol. The highest BCUT2D eigenvalue weighted by Crippen LogP contribution is 2.28. The standard InChI is InChI=1S/C13H16O6S/c1-13(7-12(14)15)18-8-10(19-13)9-20(16,17)11-5-3-2-4-6-11/h2-6,10H,7-9H2,1H3,(H,14,15). The molecule has 1 aromatic rings. The molecule has 0 aliphatic carbocycles. The van der Waals surface area contributed by atoms with E-state index < -0.39 is 27.7 Å². The second-order valence-electron chi connectivity index (χ2n) is 4.85. The van der Waals surface area contributed by atoms with Crippen molar-refractivity contribution in [1.82, 2.24) is 0 Å². The molecule has 2 unspecified atom stereocenters. The monoisotopic (exact) mass is 300 g/mol. The van der Waals surface area contributed by atoms with Gasteiger partial charge in [0, 0.05) is 0 Å². The highest BCUT2D eigenvalue weighted by Gasteiger charge is 2.40. The minimum atomic E-state index is -3.47. The van der Waals surface area contributed by atoms with Crippen molar-refractivity contribution in [2.45, 2.75) is 30.1 Å². The van der Waals surface area contributed by atoms with E-state index in [0.29, 0.717) is 0 Å². The number of hydrogen-bond donors (Lipinski definition) is 1. The summed E-state index contributed by atoms with van der Waals surface area (Å²) in [5.74, 6) is -2.55. The first kappa shape index (κ1) is 15.0. The lowest BCUT2D eigenvalue weighted by Crippen LogP contribution is -2.31. The topological polar surface area (TPSA) is 89.9 Å². The Morgan fingerprint density at radius 2 is 2.05 bits per heavy atom. The van der Waals surface area contributed by atoms with Crippen LogP contribution in [-0.4, -0.2) is 43.7 Å². The van der Waals surface area contributed by atoms with Crippen LogP contribution >= 0.6 is 0 Å². The Morgan fingerprint density at radius 1 is 1.40 bits per heavy atom. The van der Waals surface area contributed by atoms with Crippen LogP contribution in [0.15, 0.2) is 35.2 Å². The van der Waals surface area contributed by atoms with Gasteiger partial charge in [-0.1, -0.05) is 18.2 Å². The number of ether oxygens (including phenoxy) is 2. The Kier molecular flexibility index (Phi) is 4.12. The van der Waals surface area contributed by atoms with Crippen LogP contribution in [0.3, 0.4) is 0 Å². The Hall–Kier alpha value is -1.44. The number of sulfone groups is 1. The summed E-state index contributed by atoms with van der Waals surface area (Å²) in [7, 11) is -3.47. The molecule has 2 atom stereocenters. The van der Waals surface area contributed by atoms with E-state index in [1.165, 1.54) is 19.1 Å². The Morgan fingerprint density at radius 3 is 2.65 bits per heavy atom. The van der Waals surface area contributed by atoms with Crippen molar-refractivity contribution in [3.63, 3.8) is 0 Å². The summed E-state index contributed by atoms with van der Waals surface area (Å²) in [6.07, 6.45) is -0.987. The van der Waals surface area contributed by atoms with E-state index in [-0.39, 0.29) is 23.7 Å². The maximum absolute atomic E-state index is 12.2. The average molecular weight is 300 g/mol. The van der Waals surface area contributed by atoms with Crippen molar-refractivity contribution in [3.05, 3.63) is 30.3 Å².